The number of carbonyl (C=O) groups is 2. The Bertz CT molecular complexity index is 1820. The van der Waals surface area contributed by atoms with Gasteiger partial charge in [-0.05, 0) is 53.9 Å². The summed E-state index contributed by atoms with van der Waals surface area (Å²) < 4.78 is 7.01. The number of H-pyrrole nitrogens is 3. The second-order valence-electron chi connectivity index (χ2n) is 10.0. The number of carbonyl (C=O) groups excluding carboxylic acids is 2. The van der Waals surface area contributed by atoms with Crippen LogP contribution in [0.25, 0.3) is 32.7 Å². The third-order valence-electron chi connectivity index (χ3n) is 7.71. The number of fused-ring (bicyclic) bond motifs is 3. The Morgan fingerprint density at radius 1 is 0.825 bits per heavy atom. The van der Waals surface area contributed by atoms with Crippen LogP contribution in [0.5, 0.6) is 0 Å². The number of hydrogen-bond donors (Lipinski definition) is 4. The van der Waals surface area contributed by atoms with Crippen molar-refractivity contribution >= 4 is 76.4 Å². The average Bonchev–Trinajstić information content (AvgIpc) is 3.68. The van der Waals surface area contributed by atoms with Gasteiger partial charge >= 0.3 is 5.97 Å². The van der Waals surface area contributed by atoms with Crippen LogP contribution in [0.3, 0.4) is 0 Å². The molecule has 6 aromatic rings. The number of hydrogen-bond acceptors (Lipinski definition) is 3. The molecule has 0 saturated heterocycles. The van der Waals surface area contributed by atoms with E-state index in [1.807, 2.05) is 86.2 Å². The number of ether oxygens (including phenoxy) is 1. The molecule has 0 aliphatic heterocycles. The Kier molecular flexibility index (Phi) is 6.80. The Balaban J connectivity index is 1.47. The molecule has 6 rings (SSSR count). The lowest BCUT2D eigenvalue weighted by atomic mass is 9.75. The van der Waals surface area contributed by atoms with Gasteiger partial charge in [-0.25, -0.2) is 4.79 Å². The molecule has 4 N–H and O–H groups in total. The minimum atomic E-state index is -1.16. The SMILES string of the molecule is COC(=O)[C@H](Cc1c[nH]c2ccccc12)NC(=O)C(C)(c1c[nH]c2cc(Br)ccc12)c1c[nH]c2cc(Br)ccc12. The first-order valence-corrected chi connectivity index (χ1v) is 14.4. The predicted molar refractivity (Wildman–Crippen MR) is 164 cm³/mol. The van der Waals surface area contributed by atoms with Gasteiger partial charge in [0.05, 0.1) is 7.11 Å². The fraction of sp³-hybridized carbons (Fsp3) is 0.161. The number of esters is 1. The zero-order chi connectivity index (χ0) is 28.0. The number of benzene rings is 3. The summed E-state index contributed by atoms with van der Waals surface area (Å²) in [6.45, 7) is 1.90. The highest BCUT2D eigenvalue weighted by molar-refractivity contribution is 9.10. The first-order valence-electron chi connectivity index (χ1n) is 12.8. The third kappa shape index (κ3) is 4.43. The lowest BCUT2D eigenvalue weighted by Crippen LogP contribution is -2.51. The minimum absolute atomic E-state index is 0.278. The van der Waals surface area contributed by atoms with Crippen molar-refractivity contribution in [1.29, 1.82) is 0 Å². The first kappa shape index (κ1) is 26.4. The molecular formula is C31H26Br2N4O3. The quantitative estimate of drug-likeness (QED) is 0.141. The molecule has 0 radical (unpaired) electrons. The number of para-hydroxylation sites is 1. The van der Waals surface area contributed by atoms with Crippen molar-refractivity contribution in [2.24, 2.45) is 0 Å². The fourth-order valence-electron chi connectivity index (χ4n) is 5.57. The topological polar surface area (TPSA) is 103 Å². The van der Waals surface area contributed by atoms with Gasteiger partial charge in [0.25, 0.3) is 0 Å². The molecule has 202 valence electrons. The number of aromatic nitrogens is 3. The Morgan fingerprint density at radius 2 is 1.40 bits per heavy atom. The van der Waals surface area contributed by atoms with Crippen LogP contribution in [0.2, 0.25) is 0 Å². The molecule has 0 fully saturated rings. The molecule has 0 aliphatic rings. The van der Waals surface area contributed by atoms with Crippen LogP contribution in [0.4, 0.5) is 0 Å². The molecule has 40 heavy (non-hydrogen) atoms. The highest BCUT2D eigenvalue weighted by Crippen LogP contribution is 2.41. The van der Waals surface area contributed by atoms with E-state index in [0.29, 0.717) is 0 Å². The molecule has 3 heterocycles. The van der Waals surface area contributed by atoms with Crippen LogP contribution in [0, 0.1) is 0 Å². The Morgan fingerprint density at radius 3 is 2.00 bits per heavy atom. The van der Waals surface area contributed by atoms with E-state index in [1.54, 1.807) is 0 Å². The number of nitrogens with one attached hydrogen (secondary N) is 4. The van der Waals surface area contributed by atoms with Crippen LogP contribution in [0.15, 0.2) is 88.2 Å². The van der Waals surface area contributed by atoms with Gasteiger partial charge in [-0.1, -0.05) is 62.2 Å². The highest BCUT2D eigenvalue weighted by Gasteiger charge is 2.42. The summed E-state index contributed by atoms with van der Waals surface area (Å²) in [5.41, 5.74) is 4.11. The fourth-order valence-corrected chi connectivity index (χ4v) is 6.29. The molecule has 3 aromatic carbocycles. The van der Waals surface area contributed by atoms with E-state index in [1.165, 1.54) is 7.11 Å². The van der Waals surface area contributed by atoms with Crippen LogP contribution < -0.4 is 5.32 Å². The summed E-state index contributed by atoms with van der Waals surface area (Å²) in [5.74, 6) is -0.818. The van der Waals surface area contributed by atoms with E-state index in [2.05, 4.69) is 52.1 Å². The zero-order valence-electron chi connectivity index (χ0n) is 21.8. The smallest absolute Gasteiger partial charge is 0.328 e. The molecule has 7 nitrogen and oxygen atoms in total. The van der Waals surface area contributed by atoms with E-state index in [-0.39, 0.29) is 12.3 Å². The van der Waals surface area contributed by atoms with Gasteiger partial charge in [-0.3, -0.25) is 4.79 Å². The molecule has 0 saturated carbocycles. The van der Waals surface area contributed by atoms with Crippen LogP contribution in [-0.2, 0) is 26.2 Å². The van der Waals surface area contributed by atoms with Gasteiger partial charge in [0.15, 0.2) is 0 Å². The van der Waals surface area contributed by atoms with E-state index in [0.717, 1.165) is 58.3 Å². The summed E-state index contributed by atoms with van der Waals surface area (Å²) in [6.07, 6.45) is 5.91. The van der Waals surface area contributed by atoms with Crippen molar-refractivity contribution < 1.29 is 14.3 Å². The van der Waals surface area contributed by atoms with Crippen molar-refractivity contribution in [3.8, 4) is 0 Å². The average molecular weight is 662 g/mol. The molecule has 0 spiro atoms. The Hall–Kier alpha value is -3.82. The second-order valence-corrected chi connectivity index (χ2v) is 11.9. The number of rotatable bonds is 7. The number of halogens is 2. The molecular weight excluding hydrogens is 636 g/mol. The summed E-state index contributed by atoms with van der Waals surface area (Å²) in [6, 6.07) is 18.8. The maximum atomic E-state index is 14.5. The van der Waals surface area contributed by atoms with Gasteiger partial charge in [-0.15, -0.1) is 0 Å². The summed E-state index contributed by atoms with van der Waals surface area (Å²) in [4.78, 5) is 37.5. The monoisotopic (exact) mass is 660 g/mol. The molecule has 0 unspecified atom stereocenters. The van der Waals surface area contributed by atoms with Crippen molar-refractivity contribution in [3.05, 3.63) is 105 Å². The van der Waals surface area contributed by atoms with E-state index < -0.39 is 17.4 Å². The highest BCUT2D eigenvalue weighted by atomic mass is 79.9. The summed E-state index contributed by atoms with van der Waals surface area (Å²) in [5, 5.41) is 5.90. The molecule has 3 aromatic heterocycles. The third-order valence-corrected chi connectivity index (χ3v) is 8.70. The van der Waals surface area contributed by atoms with Crippen molar-refractivity contribution in [1.82, 2.24) is 20.3 Å². The molecule has 0 aliphatic carbocycles. The van der Waals surface area contributed by atoms with E-state index >= 15 is 0 Å². The number of amides is 1. The van der Waals surface area contributed by atoms with Crippen molar-refractivity contribution in [3.63, 3.8) is 0 Å². The van der Waals surface area contributed by atoms with Gasteiger partial charge in [0.2, 0.25) is 5.91 Å². The lowest BCUT2D eigenvalue weighted by Gasteiger charge is -2.30. The molecule has 1 amide bonds. The zero-order valence-corrected chi connectivity index (χ0v) is 24.9. The Labute approximate surface area is 246 Å². The minimum Gasteiger partial charge on any atom is -0.467 e. The van der Waals surface area contributed by atoms with Crippen LogP contribution in [-0.4, -0.2) is 40.0 Å². The van der Waals surface area contributed by atoms with E-state index in [9.17, 15) is 9.59 Å². The maximum Gasteiger partial charge on any atom is 0.328 e. The van der Waals surface area contributed by atoms with E-state index in [4.69, 9.17) is 4.74 Å². The molecule has 9 heteroatoms. The summed E-state index contributed by atoms with van der Waals surface area (Å²) >= 11 is 7.08. The lowest BCUT2D eigenvalue weighted by molar-refractivity contribution is -0.145. The van der Waals surface area contributed by atoms with Crippen LogP contribution in [0.1, 0.15) is 23.6 Å². The van der Waals surface area contributed by atoms with Crippen molar-refractivity contribution in [2.45, 2.75) is 24.8 Å². The number of methoxy groups -OCH3 is 1. The van der Waals surface area contributed by atoms with Gasteiger partial charge < -0.3 is 25.0 Å². The summed E-state index contributed by atoms with van der Waals surface area (Å²) in [7, 11) is 1.34. The normalized spacial score (nSPS) is 12.7. The largest absolute Gasteiger partial charge is 0.467 e. The van der Waals surface area contributed by atoms with Crippen molar-refractivity contribution in [2.75, 3.05) is 7.11 Å². The van der Waals surface area contributed by atoms with Gasteiger partial charge in [0.1, 0.15) is 11.5 Å². The second kappa shape index (κ2) is 10.3. The molecule has 1 atom stereocenters. The van der Waals surface area contributed by atoms with Crippen LogP contribution >= 0.6 is 31.9 Å². The standard InChI is InChI=1S/C31H26Br2N4O3/c1-31(23-15-35-26-12-18(32)7-9-21(23)26,24-16-36-27-13-19(33)8-10-22(24)27)30(39)37-28(29(38)40-2)11-17-14-34-25-6-4-3-5-20(17)25/h3-10,12-16,28,34-36H,11H2,1-2H3,(H,37,39)/t28-/m0/s1. The maximum absolute atomic E-state index is 14.5. The molecule has 0 bridgehead atoms. The van der Waals surface area contributed by atoms with Gasteiger partial charge in [0, 0.05) is 66.7 Å². The van der Waals surface area contributed by atoms with Gasteiger partial charge in [-0.2, -0.15) is 0 Å². The predicted octanol–water partition coefficient (Wildman–Crippen LogP) is 6.86. The first-order chi connectivity index (χ1) is 19.3. The number of aromatic amines is 3.